The van der Waals surface area contributed by atoms with E-state index in [0.717, 1.165) is 42.5 Å². The van der Waals surface area contributed by atoms with Gasteiger partial charge in [0, 0.05) is 26.1 Å². The largest absolute Gasteiger partial charge is 0.497 e. The Morgan fingerprint density at radius 2 is 2.00 bits per heavy atom. The average molecular weight is 375 g/mol. The number of imidazole rings is 1. The van der Waals surface area contributed by atoms with E-state index in [-0.39, 0.29) is 24.2 Å². The molecule has 0 spiro atoms. The van der Waals surface area contributed by atoms with Gasteiger partial charge >= 0.3 is 0 Å². The lowest BCUT2D eigenvalue weighted by atomic mass is 9.95. The number of hydrogen-bond acceptors (Lipinski definition) is 5. The van der Waals surface area contributed by atoms with Crippen LogP contribution in [0.3, 0.4) is 0 Å². The highest BCUT2D eigenvalue weighted by Gasteiger charge is 2.25. The molecule has 27 heavy (non-hydrogen) atoms. The smallest absolute Gasteiger partial charge is 0.297 e. The third-order valence-corrected chi connectivity index (χ3v) is 4.97. The molecule has 1 aliphatic carbocycles. The van der Waals surface area contributed by atoms with Crippen molar-refractivity contribution >= 4 is 16.9 Å². The molecule has 0 unspecified atom stereocenters. The number of carbonyl (C=O) groups excluding carboxylic acids is 1. The zero-order chi connectivity index (χ0) is 19.4. The Labute approximate surface area is 160 Å². The van der Waals surface area contributed by atoms with Crippen LogP contribution < -0.4 is 14.8 Å². The van der Waals surface area contributed by atoms with Crippen molar-refractivity contribution in [3.63, 3.8) is 0 Å². The van der Waals surface area contributed by atoms with Gasteiger partial charge in [-0.05, 0) is 44.7 Å². The second-order valence-electron chi connectivity index (χ2n) is 7.26. The van der Waals surface area contributed by atoms with E-state index in [9.17, 15) is 4.79 Å². The fourth-order valence-corrected chi connectivity index (χ4v) is 3.52. The van der Waals surface area contributed by atoms with Gasteiger partial charge in [-0.1, -0.05) is 0 Å². The number of fused-ring (bicyclic) bond motifs is 1. The van der Waals surface area contributed by atoms with Gasteiger partial charge in [0.25, 0.3) is 6.01 Å². The summed E-state index contributed by atoms with van der Waals surface area (Å²) in [7, 11) is 3.62. The van der Waals surface area contributed by atoms with Crippen LogP contribution in [-0.2, 0) is 16.6 Å². The number of carbonyl (C=O) groups is 1. The third-order valence-electron chi connectivity index (χ3n) is 4.97. The van der Waals surface area contributed by atoms with Crippen molar-refractivity contribution in [2.45, 2.75) is 57.8 Å². The minimum absolute atomic E-state index is 0.0247. The lowest BCUT2D eigenvalue weighted by Crippen LogP contribution is -2.37. The summed E-state index contributed by atoms with van der Waals surface area (Å²) in [5.74, 6) is 0.765. The highest BCUT2D eigenvalue weighted by atomic mass is 16.5. The van der Waals surface area contributed by atoms with E-state index < -0.39 is 0 Å². The molecule has 1 heterocycles. The number of benzene rings is 1. The third kappa shape index (κ3) is 4.91. The van der Waals surface area contributed by atoms with E-state index in [1.165, 1.54) is 6.92 Å². The van der Waals surface area contributed by atoms with E-state index in [1.807, 2.05) is 36.7 Å². The second kappa shape index (κ2) is 8.61. The van der Waals surface area contributed by atoms with Crippen LogP contribution in [0.5, 0.6) is 11.8 Å². The molecular formula is C20H29N3O4. The van der Waals surface area contributed by atoms with Crippen molar-refractivity contribution in [2.75, 3.05) is 13.7 Å². The molecule has 1 fully saturated rings. The molecule has 1 aromatic carbocycles. The Morgan fingerprint density at radius 3 is 2.67 bits per heavy atom. The van der Waals surface area contributed by atoms with Crippen LogP contribution in [0.1, 0.15) is 39.5 Å². The maximum absolute atomic E-state index is 11.1. The quantitative estimate of drug-likeness (QED) is 0.805. The van der Waals surface area contributed by atoms with E-state index in [2.05, 4.69) is 10.3 Å². The highest BCUT2D eigenvalue weighted by Crippen LogP contribution is 2.28. The van der Waals surface area contributed by atoms with Crippen LogP contribution in [0.2, 0.25) is 0 Å². The molecule has 1 saturated carbocycles. The number of hydrogen-bond donors (Lipinski definition) is 1. The zero-order valence-corrected chi connectivity index (χ0v) is 16.5. The lowest BCUT2D eigenvalue weighted by molar-refractivity contribution is -0.120. The molecule has 1 atom stereocenters. The molecule has 2 aromatic rings. The Kier molecular flexibility index (Phi) is 6.21. The molecular weight excluding hydrogens is 346 g/mol. The van der Waals surface area contributed by atoms with Crippen LogP contribution in [0.4, 0.5) is 0 Å². The van der Waals surface area contributed by atoms with Gasteiger partial charge in [0.05, 0.1) is 30.9 Å². The summed E-state index contributed by atoms with van der Waals surface area (Å²) < 4.78 is 19.4. The highest BCUT2D eigenvalue weighted by molar-refractivity contribution is 5.78. The monoisotopic (exact) mass is 375 g/mol. The number of aromatic nitrogens is 2. The van der Waals surface area contributed by atoms with Crippen LogP contribution >= 0.6 is 0 Å². The molecule has 1 aliphatic rings. The first-order valence-corrected chi connectivity index (χ1v) is 9.52. The maximum atomic E-state index is 11.1. The van der Waals surface area contributed by atoms with Crippen molar-refractivity contribution in [3.05, 3.63) is 18.2 Å². The number of methoxy groups -OCH3 is 1. The molecule has 0 radical (unpaired) electrons. The van der Waals surface area contributed by atoms with E-state index in [1.54, 1.807) is 7.11 Å². The molecule has 0 saturated heterocycles. The van der Waals surface area contributed by atoms with Gasteiger partial charge in [-0.25, -0.2) is 0 Å². The first-order chi connectivity index (χ1) is 13.0. The van der Waals surface area contributed by atoms with Gasteiger partial charge in [-0.3, -0.25) is 9.36 Å². The number of amides is 1. The molecule has 1 amide bonds. The summed E-state index contributed by atoms with van der Waals surface area (Å²) in [4.78, 5) is 15.7. The number of nitrogens with zero attached hydrogens (tertiary/aromatic N) is 2. The Morgan fingerprint density at radius 1 is 1.30 bits per heavy atom. The Hall–Kier alpha value is -2.28. The fourth-order valence-electron chi connectivity index (χ4n) is 3.52. The lowest BCUT2D eigenvalue weighted by Gasteiger charge is -2.29. The molecule has 148 valence electrons. The normalized spacial score (nSPS) is 21.0. The maximum Gasteiger partial charge on any atom is 0.297 e. The summed E-state index contributed by atoms with van der Waals surface area (Å²) >= 11 is 0. The molecule has 7 nitrogen and oxygen atoms in total. The molecule has 3 rings (SSSR count). The average Bonchev–Trinajstić information content (AvgIpc) is 2.95. The molecule has 0 aliphatic heterocycles. The van der Waals surface area contributed by atoms with Crippen molar-refractivity contribution in [1.82, 2.24) is 14.9 Å². The van der Waals surface area contributed by atoms with E-state index in [4.69, 9.17) is 14.2 Å². The Bertz CT molecular complexity index is 781. The minimum atomic E-state index is -0.0247. The number of ether oxygens (including phenoxy) is 3. The van der Waals surface area contributed by atoms with Crippen molar-refractivity contribution in [2.24, 2.45) is 7.05 Å². The van der Waals surface area contributed by atoms with Gasteiger partial charge < -0.3 is 19.5 Å². The van der Waals surface area contributed by atoms with Crippen molar-refractivity contribution < 1.29 is 19.0 Å². The first-order valence-electron chi connectivity index (χ1n) is 9.52. The van der Waals surface area contributed by atoms with Crippen molar-refractivity contribution in [3.8, 4) is 11.8 Å². The standard InChI is InChI=1S/C20H29N3O4/c1-13(21-14(2)24)12-26-15-5-7-16(8-6-15)27-20-22-18-11-17(25-4)9-10-19(18)23(20)3/h9-11,13,15-16H,5-8,12H2,1-4H3,(H,21,24)/t13-,15?,16?/m0/s1. The van der Waals surface area contributed by atoms with Gasteiger partial charge in [-0.15, -0.1) is 0 Å². The van der Waals surface area contributed by atoms with Gasteiger partial charge in [0.1, 0.15) is 11.9 Å². The first kappa shape index (κ1) is 19.5. The fraction of sp³-hybridized carbons (Fsp3) is 0.600. The SMILES string of the molecule is COc1ccc2c(c1)nc(OC1CCC(OC[C@H](C)NC(C)=O)CC1)n2C. The molecule has 0 bridgehead atoms. The summed E-state index contributed by atoms with van der Waals surface area (Å²) in [5, 5.41) is 2.84. The topological polar surface area (TPSA) is 74.6 Å². The minimum Gasteiger partial charge on any atom is -0.497 e. The summed E-state index contributed by atoms with van der Waals surface area (Å²) in [6.45, 7) is 4.02. The van der Waals surface area contributed by atoms with Crippen molar-refractivity contribution in [1.29, 1.82) is 0 Å². The summed E-state index contributed by atoms with van der Waals surface area (Å²) in [5.41, 5.74) is 1.89. The molecule has 1 N–H and O–H groups in total. The predicted octanol–water partition coefficient (Wildman–Crippen LogP) is 2.81. The summed E-state index contributed by atoms with van der Waals surface area (Å²) in [6, 6.07) is 6.52. The van der Waals surface area contributed by atoms with Crippen LogP contribution in [-0.4, -0.2) is 47.4 Å². The zero-order valence-electron chi connectivity index (χ0n) is 16.5. The van der Waals surface area contributed by atoms with Gasteiger partial charge in [-0.2, -0.15) is 4.98 Å². The molecule has 1 aromatic heterocycles. The van der Waals surface area contributed by atoms with E-state index >= 15 is 0 Å². The van der Waals surface area contributed by atoms with Crippen LogP contribution in [0.15, 0.2) is 18.2 Å². The second-order valence-corrected chi connectivity index (χ2v) is 7.26. The predicted molar refractivity (Wildman–Crippen MR) is 103 cm³/mol. The number of aryl methyl sites for hydroxylation is 1. The number of rotatable bonds is 7. The van der Waals surface area contributed by atoms with Gasteiger partial charge in [0.15, 0.2) is 0 Å². The Balaban J connectivity index is 1.51. The molecule has 7 heteroatoms. The summed E-state index contributed by atoms with van der Waals surface area (Å²) in [6.07, 6.45) is 4.16. The van der Waals surface area contributed by atoms with Gasteiger partial charge in [0.2, 0.25) is 5.91 Å². The van der Waals surface area contributed by atoms with E-state index in [0.29, 0.717) is 12.6 Å². The van der Waals surface area contributed by atoms with Crippen LogP contribution in [0, 0.1) is 0 Å². The van der Waals surface area contributed by atoms with Crippen LogP contribution in [0.25, 0.3) is 11.0 Å². The number of nitrogens with one attached hydrogen (secondary N) is 1.